The van der Waals surface area contributed by atoms with Crippen molar-refractivity contribution < 1.29 is 9.90 Å². The fourth-order valence-corrected chi connectivity index (χ4v) is 1.59. The molecule has 3 heteroatoms. The van der Waals surface area contributed by atoms with Crippen LogP contribution in [0.15, 0.2) is 43.0 Å². The number of hydrogen-bond donors (Lipinski definition) is 2. The maximum Gasteiger partial charge on any atom is 0.223 e. The van der Waals surface area contributed by atoms with Crippen molar-refractivity contribution in [2.24, 2.45) is 5.92 Å². The Balaban J connectivity index is 2.64. The number of amides is 1. The van der Waals surface area contributed by atoms with E-state index in [-0.39, 0.29) is 24.5 Å². The summed E-state index contributed by atoms with van der Waals surface area (Å²) >= 11 is 0. The van der Waals surface area contributed by atoms with Gasteiger partial charge in [0.2, 0.25) is 5.91 Å². The summed E-state index contributed by atoms with van der Waals surface area (Å²) in [6.45, 7) is 5.35. The van der Waals surface area contributed by atoms with E-state index >= 15 is 0 Å². The molecule has 1 aromatic rings. The lowest BCUT2D eigenvalue weighted by Crippen LogP contribution is -2.34. The number of hydrogen-bond acceptors (Lipinski definition) is 2. The van der Waals surface area contributed by atoms with E-state index in [2.05, 4.69) is 11.9 Å². The van der Waals surface area contributed by atoms with Gasteiger partial charge in [0.05, 0.1) is 12.6 Å². The first-order valence-electron chi connectivity index (χ1n) is 5.76. The Labute approximate surface area is 102 Å². The standard InChI is InChI=1S/C14H19NO2/c1-3-7-11(2)14(17)15-13(10-16)12-8-5-4-6-9-12/h3-6,8-9,11,13,16H,1,7,10H2,2H3,(H,15,17)/t11?,13-/m0/s1. The average molecular weight is 233 g/mol. The quantitative estimate of drug-likeness (QED) is 0.739. The van der Waals surface area contributed by atoms with E-state index in [0.717, 1.165) is 5.56 Å². The van der Waals surface area contributed by atoms with Gasteiger partial charge in [-0.3, -0.25) is 4.79 Å². The maximum absolute atomic E-state index is 11.8. The van der Waals surface area contributed by atoms with Gasteiger partial charge in [-0.2, -0.15) is 0 Å². The number of nitrogens with one attached hydrogen (secondary N) is 1. The molecular formula is C14H19NO2. The molecule has 0 spiro atoms. The summed E-state index contributed by atoms with van der Waals surface area (Å²) < 4.78 is 0. The van der Waals surface area contributed by atoms with Crippen LogP contribution in [0.25, 0.3) is 0 Å². The zero-order valence-corrected chi connectivity index (χ0v) is 10.1. The molecule has 0 radical (unpaired) electrons. The Morgan fingerprint density at radius 3 is 2.65 bits per heavy atom. The van der Waals surface area contributed by atoms with Gasteiger partial charge in [-0.05, 0) is 12.0 Å². The SMILES string of the molecule is C=CCC(C)C(=O)N[C@@H](CO)c1ccccc1. The lowest BCUT2D eigenvalue weighted by molar-refractivity contribution is -0.125. The highest BCUT2D eigenvalue weighted by Gasteiger charge is 2.17. The van der Waals surface area contributed by atoms with E-state index in [0.29, 0.717) is 6.42 Å². The molecule has 0 saturated carbocycles. The van der Waals surface area contributed by atoms with Crippen molar-refractivity contribution in [3.63, 3.8) is 0 Å². The molecule has 2 atom stereocenters. The summed E-state index contributed by atoms with van der Waals surface area (Å²) in [5, 5.41) is 12.1. The predicted octanol–water partition coefficient (Wildman–Crippen LogP) is 2.05. The number of aliphatic hydroxyl groups is 1. The van der Waals surface area contributed by atoms with Gasteiger partial charge in [0.15, 0.2) is 0 Å². The van der Waals surface area contributed by atoms with Crippen LogP contribution >= 0.6 is 0 Å². The van der Waals surface area contributed by atoms with Gasteiger partial charge in [-0.1, -0.05) is 43.3 Å². The van der Waals surface area contributed by atoms with Gasteiger partial charge in [0, 0.05) is 5.92 Å². The number of carbonyl (C=O) groups excluding carboxylic acids is 1. The predicted molar refractivity (Wildman–Crippen MR) is 68.4 cm³/mol. The van der Waals surface area contributed by atoms with Crippen LogP contribution in [0, 0.1) is 5.92 Å². The minimum atomic E-state index is -0.337. The molecule has 0 aliphatic heterocycles. The Morgan fingerprint density at radius 1 is 1.47 bits per heavy atom. The molecular weight excluding hydrogens is 214 g/mol. The first-order valence-corrected chi connectivity index (χ1v) is 5.76. The van der Waals surface area contributed by atoms with Crippen LogP contribution in [-0.2, 0) is 4.79 Å². The molecule has 0 aliphatic carbocycles. The van der Waals surface area contributed by atoms with Crippen molar-refractivity contribution in [1.29, 1.82) is 0 Å². The van der Waals surface area contributed by atoms with E-state index in [9.17, 15) is 9.90 Å². The number of carbonyl (C=O) groups is 1. The molecule has 0 bridgehead atoms. The van der Waals surface area contributed by atoms with E-state index in [1.807, 2.05) is 37.3 Å². The summed E-state index contributed by atoms with van der Waals surface area (Å²) in [5.74, 6) is -0.182. The molecule has 0 saturated heterocycles. The molecule has 1 amide bonds. The largest absolute Gasteiger partial charge is 0.394 e. The minimum Gasteiger partial charge on any atom is -0.394 e. The van der Waals surface area contributed by atoms with Gasteiger partial charge >= 0.3 is 0 Å². The molecule has 92 valence electrons. The van der Waals surface area contributed by atoms with Crippen LogP contribution in [-0.4, -0.2) is 17.6 Å². The molecule has 0 fully saturated rings. The van der Waals surface area contributed by atoms with Crippen molar-refractivity contribution in [3.05, 3.63) is 48.6 Å². The topological polar surface area (TPSA) is 49.3 Å². The van der Waals surface area contributed by atoms with Crippen LogP contribution in [0.5, 0.6) is 0 Å². The summed E-state index contributed by atoms with van der Waals surface area (Å²) in [5.41, 5.74) is 0.911. The Bertz CT molecular complexity index is 362. The first kappa shape index (κ1) is 13.5. The monoisotopic (exact) mass is 233 g/mol. The molecule has 3 nitrogen and oxygen atoms in total. The summed E-state index contributed by atoms with van der Waals surface area (Å²) in [7, 11) is 0. The van der Waals surface area contributed by atoms with Crippen LogP contribution in [0.4, 0.5) is 0 Å². The van der Waals surface area contributed by atoms with E-state index in [1.54, 1.807) is 6.08 Å². The molecule has 1 rings (SSSR count). The van der Waals surface area contributed by atoms with Crippen LogP contribution in [0.1, 0.15) is 24.9 Å². The second kappa shape index (κ2) is 6.86. The lowest BCUT2D eigenvalue weighted by Gasteiger charge is -2.19. The highest BCUT2D eigenvalue weighted by Crippen LogP contribution is 2.13. The normalized spacial score (nSPS) is 13.8. The van der Waals surface area contributed by atoms with Gasteiger partial charge in [0.25, 0.3) is 0 Å². The zero-order valence-electron chi connectivity index (χ0n) is 10.1. The molecule has 17 heavy (non-hydrogen) atoms. The molecule has 0 aliphatic rings. The molecule has 0 aromatic heterocycles. The third-order valence-corrected chi connectivity index (χ3v) is 2.67. The Morgan fingerprint density at radius 2 is 2.12 bits per heavy atom. The van der Waals surface area contributed by atoms with E-state index in [4.69, 9.17) is 0 Å². The van der Waals surface area contributed by atoms with Crippen LogP contribution in [0.3, 0.4) is 0 Å². The zero-order chi connectivity index (χ0) is 12.7. The van der Waals surface area contributed by atoms with Gasteiger partial charge in [-0.25, -0.2) is 0 Å². The molecule has 1 aromatic carbocycles. The van der Waals surface area contributed by atoms with E-state index in [1.165, 1.54) is 0 Å². The number of allylic oxidation sites excluding steroid dienone is 1. The third kappa shape index (κ3) is 4.04. The molecule has 0 heterocycles. The second-order valence-electron chi connectivity index (χ2n) is 4.08. The summed E-state index contributed by atoms with van der Waals surface area (Å²) in [6.07, 6.45) is 2.36. The van der Waals surface area contributed by atoms with Crippen molar-refractivity contribution in [1.82, 2.24) is 5.32 Å². The minimum absolute atomic E-state index is 0.0622. The van der Waals surface area contributed by atoms with Crippen LogP contribution < -0.4 is 5.32 Å². The van der Waals surface area contributed by atoms with Gasteiger partial charge < -0.3 is 10.4 Å². The van der Waals surface area contributed by atoms with Crippen molar-refractivity contribution in [3.8, 4) is 0 Å². The van der Waals surface area contributed by atoms with Crippen molar-refractivity contribution >= 4 is 5.91 Å². The highest BCUT2D eigenvalue weighted by atomic mass is 16.3. The number of rotatable bonds is 6. The molecule has 1 unspecified atom stereocenters. The highest BCUT2D eigenvalue weighted by molar-refractivity contribution is 5.78. The van der Waals surface area contributed by atoms with Crippen LogP contribution in [0.2, 0.25) is 0 Å². The fourth-order valence-electron chi connectivity index (χ4n) is 1.59. The van der Waals surface area contributed by atoms with Crippen molar-refractivity contribution in [2.45, 2.75) is 19.4 Å². The maximum atomic E-state index is 11.8. The third-order valence-electron chi connectivity index (χ3n) is 2.67. The van der Waals surface area contributed by atoms with E-state index < -0.39 is 0 Å². The number of aliphatic hydroxyl groups excluding tert-OH is 1. The smallest absolute Gasteiger partial charge is 0.223 e. The second-order valence-corrected chi connectivity index (χ2v) is 4.08. The Kier molecular flexibility index (Phi) is 5.43. The van der Waals surface area contributed by atoms with Gasteiger partial charge in [-0.15, -0.1) is 6.58 Å². The molecule has 2 N–H and O–H groups in total. The lowest BCUT2D eigenvalue weighted by atomic mass is 10.0. The fraction of sp³-hybridized carbons (Fsp3) is 0.357. The summed E-state index contributed by atoms with van der Waals surface area (Å²) in [4.78, 5) is 11.8. The average Bonchev–Trinajstić information content (AvgIpc) is 2.37. The van der Waals surface area contributed by atoms with Crippen molar-refractivity contribution in [2.75, 3.05) is 6.61 Å². The Hall–Kier alpha value is -1.61. The van der Waals surface area contributed by atoms with Gasteiger partial charge in [0.1, 0.15) is 0 Å². The number of benzene rings is 1. The summed E-state index contributed by atoms with van der Waals surface area (Å²) in [6, 6.07) is 9.11. The first-order chi connectivity index (χ1) is 8.19.